The number of cyclic esters (lactones) is 1. The van der Waals surface area contributed by atoms with Crippen LogP contribution in [0, 0.1) is 0 Å². The number of carbonyl (C=O) groups is 2. The number of carbonyl (C=O) groups excluding carboxylic acids is 2. The Morgan fingerprint density at radius 1 is 1.46 bits per heavy atom. The minimum atomic E-state index is -1.34. The van der Waals surface area contributed by atoms with Gasteiger partial charge in [0.2, 0.25) is 5.91 Å². The molecule has 1 aromatic rings. The molecule has 2 heterocycles. The number of amides is 2. The Hall–Kier alpha value is -2.19. The lowest BCUT2D eigenvalue weighted by atomic mass is 10.0. The van der Waals surface area contributed by atoms with Crippen molar-refractivity contribution in [1.29, 1.82) is 0 Å². The van der Waals surface area contributed by atoms with E-state index in [2.05, 4.69) is 10.6 Å². The number of rotatable bonds is 4. The van der Waals surface area contributed by atoms with Crippen LogP contribution < -0.4 is 15.5 Å². The summed E-state index contributed by atoms with van der Waals surface area (Å²) in [5.41, 5.74) is 1.15. The fourth-order valence-electron chi connectivity index (χ4n) is 2.88. The molecule has 2 saturated heterocycles. The lowest BCUT2D eigenvalue weighted by Gasteiger charge is -2.30. The zero-order chi connectivity index (χ0) is 17.1. The van der Waals surface area contributed by atoms with Gasteiger partial charge in [0.25, 0.3) is 0 Å². The summed E-state index contributed by atoms with van der Waals surface area (Å²) in [6.07, 6.45) is -3.08. The fraction of sp³-hybridized carbons (Fsp3) is 0.500. The monoisotopic (exact) mass is 337 g/mol. The van der Waals surface area contributed by atoms with Gasteiger partial charge in [0.1, 0.15) is 12.2 Å². The first-order chi connectivity index (χ1) is 11.6. The molecule has 2 fully saturated rings. The predicted octanol–water partition coefficient (Wildman–Crippen LogP) is 1.10. The average molecular weight is 337 g/mol. The molecule has 130 valence electrons. The van der Waals surface area contributed by atoms with E-state index in [0.29, 0.717) is 24.4 Å². The second-order valence-corrected chi connectivity index (χ2v) is 5.76. The van der Waals surface area contributed by atoms with E-state index in [9.17, 15) is 14.0 Å². The van der Waals surface area contributed by atoms with E-state index in [4.69, 9.17) is 9.47 Å². The third-order valence-electron chi connectivity index (χ3n) is 3.99. The number of nitrogens with zero attached hydrogens (tertiary/aromatic N) is 1. The van der Waals surface area contributed by atoms with Crippen LogP contribution in [-0.4, -0.2) is 50.6 Å². The summed E-state index contributed by atoms with van der Waals surface area (Å²) in [6, 6.07) is 7.03. The summed E-state index contributed by atoms with van der Waals surface area (Å²) in [5.74, 6) is -0.188. The van der Waals surface area contributed by atoms with Crippen LogP contribution in [0.3, 0.4) is 0 Å². The van der Waals surface area contributed by atoms with E-state index in [1.807, 2.05) is 0 Å². The smallest absolute Gasteiger partial charge is 0.414 e. The van der Waals surface area contributed by atoms with Crippen molar-refractivity contribution in [2.45, 2.75) is 25.4 Å². The quantitative estimate of drug-likeness (QED) is 0.805. The van der Waals surface area contributed by atoms with Gasteiger partial charge in [-0.1, -0.05) is 18.2 Å². The lowest BCUT2D eigenvalue weighted by molar-refractivity contribution is -0.119. The van der Waals surface area contributed by atoms with Crippen LogP contribution >= 0.6 is 0 Å². The van der Waals surface area contributed by atoms with Crippen molar-refractivity contribution in [3.05, 3.63) is 29.8 Å². The van der Waals surface area contributed by atoms with Crippen LogP contribution in [0.4, 0.5) is 14.9 Å². The first kappa shape index (κ1) is 16.7. The summed E-state index contributed by atoms with van der Waals surface area (Å²) in [6.45, 7) is 2.78. The molecule has 0 radical (unpaired) electrons. The van der Waals surface area contributed by atoms with Gasteiger partial charge in [-0.15, -0.1) is 0 Å². The molecule has 2 N–H and O–H groups in total. The number of hydrogen-bond acceptors (Lipinski definition) is 5. The van der Waals surface area contributed by atoms with Crippen molar-refractivity contribution in [3.8, 4) is 0 Å². The highest BCUT2D eigenvalue weighted by molar-refractivity contribution is 5.91. The second-order valence-electron chi connectivity index (χ2n) is 5.76. The third-order valence-corrected chi connectivity index (χ3v) is 3.99. The van der Waals surface area contributed by atoms with E-state index < -0.39 is 24.6 Å². The van der Waals surface area contributed by atoms with Crippen LogP contribution in [0.25, 0.3) is 0 Å². The number of halogens is 1. The summed E-state index contributed by atoms with van der Waals surface area (Å²) in [5, 5.41) is 5.35. The molecule has 7 nitrogen and oxygen atoms in total. The molecule has 2 aliphatic rings. The molecule has 0 bridgehead atoms. The molecule has 0 aromatic heterocycles. The van der Waals surface area contributed by atoms with E-state index in [1.54, 1.807) is 24.3 Å². The Kier molecular flexibility index (Phi) is 4.96. The molecule has 2 unspecified atom stereocenters. The van der Waals surface area contributed by atoms with Crippen LogP contribution in [0.15, 0.2) is 24.3 Å². The van der Waals surface area contributed by atoms with Gasteiger partial charge in [-0.25, -0.2) is 9.18 Å². The van der Waals surface area contributed by atoms with Crippen molar-refractivity contribution < 1.29 is 23.5 Å². The highest BCUT2D eigenvalue weighted by Crippen LogP contribution is 2.34. The van der Waals surface area contributed by atoms with Crippen molar-refractivity contribution in [2.75, 3.05) is 31.1 Å². The Morgan fingerprint density at radius 3 is 3.00 bits per heavy atom. The molecule has 0 spiro atoms. The molecular weight excluding hydrogens is 317 g/mol. The van der Waals surface area contributed by atoms with Gasteiger partial charge in [0.05, 0.1) is 25.4 Å². The summed E-state index contributed by atoms with van der Waals surface area (Å²) in [7, 11) is 0. The predicted molar refractivity (Wildman–Crippen MR) is 84.3 cm³/mol. The maximum absolute atomic E-state index is 14.2. The lowest BCUT2D eigenvalue weighted by Crippen LogP contribution is -2.41. The number of alkyl halides is 1. The summed E-state index contributed by atoms with van der Waals surface area (Å²) in [4.78, 5) is 24.6. The van der Waals surface area contributed by atoms with Gasteiger partial charge in [0, 0.05) is 19.0 Å². The number of benzene rings is 1. The standard InChI is InChI=1S/C16H20FN3O4/c1-10(21)19-8-11-9-20(16(22)24-11)13-5-3-2-4-12(13)14-15(17)18-6-7-23-14/h2-5,11,14-15,18H,6-9H2,1H3,(H,19,21)/t11-,14?,15?/m0/s1. The molecule has 0 saturated carbocycles. The Labute approximate surface area is 139 Å². The van der Waals surface area contributed by atoms with Crippen LogP contribution in [-0.2, 0) is 14.3 Å². The number of hydrogen-bond donors (Lipinski definition) is 2. The summed E-state index contributed by atoms with van der Waals surface area (Å²) >= 11 is 0. The van der Waals surface area contributed by atoms with Crippen LogP contribution in [0.5, 0.6) is 0 Å². The molecular formula is C16H20FN3O4. The van der Waals surface area contributed by atoms with E-state index in [0.717, 1.165) is 0 Å². The fourth-order valence-corrected chi connectivity index (χ4v) is 2.88. The highest BCUT2D eigenvalue weighted by Gasteiger charge is 2.36. The Morgan fingerprint density at radius 2 is 2.25 bits per heavy atom. The van der Waals surface area contributed by atoms with Gasteiger partial charge in [-0.2, -0.15) is 0 Å². The van der Waals surface area contributed by atoms with Crippen LogP contribution in [0.2, 0.25) is 0 Å². The molecule has 2 amide bonds. The van der Waals surface area contributed by atoms with Gasteiger partial charge < -0.3 is 14.8 Å². The number of anilines is 1. The van der Waals surface area contributed by atoms with Crippen molar-refractivity contribution in [2.24, 2.45) is 0 Å². The van der Waals surface area contributed by atoms with Crippen molar-refractivity contribution in [3.63, 3.8) is 0 Å². The number of morpholine rings is 1. The molecule has 1 aromatic carbocycles. The van der Waals surface area contributed by atoms with Gasteiger partial charge >= 0.3 is 6.09 Å². The molecule has 8 heteroatoms. The van der Waals surface area contributed by atoms with E-state index in [1.165, 1.54) is 11.8 Å². The second kappa shape index (κ2) is 7.14. The van der Waals surface area contributed by atoms with Crippen molar-refractivity contribution >= 4 is 17.7 Å². The number of ether oxygens (including phenoxy) is 2. The first-order valence-corrected chi connectivity index (χ1v) is 7.87. The zero-order valence-corrected chi connectivity index (χ0v) is 13.3. The Bertz CT molecular complexity index is 627. The molecule has 24 heavy (non-hydrogen) atoms. The van der Waals surface area contributed by atoms with Crippen LogP contribution in [0.1, 0.15) is 18.6 Å². The van der Waals surface area contributed by atoms with Gasteiger partial charge in [-0.3, -0.25) is 15.0 Å². The first-order valence-electron chi connectivity index (χ1n) is 7.87. The molecule has 3 rings (SSSR count). The maximum Gasteiger partial charge on any atom is 0.414 e. The Balaban J connectivity index is 1.79. The number of para-hydroxylation sites is 1. The summed E-state index contributed by atoms with van der Waals surface area (Å²) < 4.78 is 25.0. The van der Waals surface area contributed by atoms with Gasteiger partial charge in [0.15, 0.2) is 6.30 Å². The SMILES string of the molecule is CC(=O)NC[C@H]1CN(c2ccccc2C2OCCNC2F)C(=O)O1. The molecule has 2 aliphatic heterocycles. The average Bonchev–Trinajstić information content (AvgIpc) is 2.94. The maximum atomic E-state index is 14.2. The largest absolute Gasteiger partial charge is 0.442 e. The minimum absolute atomic E-state index is 0.188. The molecule has 3 atom stereocenters. The van der Waals surface area contributed by atoms with Gasteiger partial charge in [-0.05, 0) is 6.07 Å². The van der Waals surface area contributed by atoms with E-state index >= 15 is 0 Å². The molecule has 0 aliphatic carbocycles. The zero-order valence-electron chi connectivity index (χ0n) is 13.3. The topological polar surface area (TPSA) is 79.9 Å². The third kappa shape index (κ3) is 3.49. The van der Waals surface area contributed by atoms with Crippen molar-refractivity contribution in [1.82, 2.24) is 10.6 Å². The minimum Gasteiger partial charge on any atom is -0.442 e. The number of nitrogens with one attached hydrogen (secondary N) is 2. The highest BCUT2D eigenvalue weighted by atomic mass is 19.1. The normalized spacial score (nSPS) is 27.0. The van der Waals surface area contributed by atoms with E-state index in [-0.39, 0.29) is 19.0 Å².